The zero-order valence-corrected chi connectivity index (χ0v) is 15.7. The number of hydrogen-bond donors (Lipinski definition) is 1. The molecule has 1 aliphatic heterocycles. The Balaban J connectivity index is 1.99. The number of thiophene rings is 1. The third-order valence-corrected chi connectivity index (χ3v) is 6.86. The minimum Gasteiger partial charge on any atom is -0.356 e. The Hall–Kier alpha value is -1.41. The average Bonchev–Trinajstić information content (AvgIpc) is 3.04. The SMILES string of the molecule is CCCCNC(=O)C1CCCN(C(=O)c2csc(S(C)(=O)=O)c2)C1. The van der Waals surface area contributed by atoms with E-state index in [-0.39, 0.29) is 21.9 Å². The number of carbonyl (C=O) groups excluding carboxylic acids is 2. The van der Waals surface area contributed by atoms with E-state index in [0.717, 1.165) is 43.3 Å². The summed E-state index contributed by atoms with van der Waals surface area (Å²) >= 11 is 1.05. The number of rotatable bonds is 6. The lowest BCUT2D eigenvalue weighted by Gasteiger charge is -2.32. The molecule has 1 aliphatic rings. The van der Waals surface area contributed by atoms with Crippen molar-refractivity contribution in [3.63, 3.8) is 0 Å². The first-order valence-corrected chi connectivity index (χ1v) is 11.0. The molecule has 24 heavy (non-hydrogen) atoms. The number of likely N-dealkylation sites (tertiary alicyclic amines) is 1. The average molecular weight is 373 g/mol. The summed E-state index contributed by atoms with van der Waals surface area (Å²) in [6, 6.07) is 1.42. The Bertz CT molecular complexity index is 697. The predicted molar refractivity (Wildman–Crippen MR) is 94.0 cm³/mol. The van der Waals surface area contributed by atoms with Crippen molar-refractivity contribution < 1.29 is 18.0 Å². The highest BCUT2D eigenvalue weighted by Gasteiger charge is 2.29. The van der Waals surface area contributed by atoms with E-state index in [1.54, 1.807) is 10.3 Å². The van der Waals surface area contributed by atoms with Gasteiger partial charge in [-0.3, -0.25) is 9.59 Å². The summed E-state index contributed by atoms with van der Waals surface area (Å²) in [6.07, 6.45) is 4.66. The van der Waals surface area contributed by atoms with Gasteiger partial charge in [-0.15, -0.1) is 11.3 Å². The van der Waals surface area contributed by atoms with Gasteiger partial charge in [0.05, 0.1) is 11.5 Å². The number of nitrogens with zero attached hydrogens (tertiary/aromatic N) is 1. The summed E-state index contributed by atoms with van der Waals surface area (Å²) in [5.41, 5.74) is 0.382. The number of piperidine rings is 1. The predicted octanol–water partition coefficient (Wildman–Crippen LogP) is 1.92. The molecule has 2 heterocycles. The molecule has 1 unspecified atom stereocenters. The summed E-state index contributed by atoms with van der Waals surface area (Å²) in [5.74, 6) is -0.386. The first-order valence-electron chi connectivity index (χ1n) is 8.18. The zero-order valence-electron chi connectivity index (χ0n) is 14.1. The number of hydrogen-bond acceptors (Lipinski definition) is 5. The second kappa shape index (κ2) is 8.11. The maximum absolute atomic E-state index is 12.6. The molecular formula is C16H24N2O4S2. The van der Waals surface area contributed by atoms with Gasteiger partial charge >= 0.3 is 0 Å². The molecule has 2 amide bonds. The lowest BCUT2D eigenvalue weighted by atomic mass is 9.96. The topological polar surface area (TPSA) is 83.6 Å². The van der Waals surface area contributed by atoms with Crippen LogP contribution in [0.3, 0.4) is 0 Å². The highest BCUT2D eigenvalue weighted by molar-refractivity contribution is 7.92. The standard InChI is InChI=1S/C16H24N2O4S2/c1-3-4-7-17-15(19)12-6-5-8-18(10-12)16(20)13-9-14(23-11-13)24(2,21)22/h9,11-12H,3-8,10H2,1-2H3,(H,17,19). The van der Waals surface area contributed by atoms with Gasteiger partial charge in [0.25, 0.3) is 5.91 Å². The molecular weight excluding hydrogens is 348 g/mol. The third kappa shape index (κ3) is 4.80. The van der Waals surface area contributed by atoms with E-state index in [0.29, 0.717) is 25.2 Å². The Labute approximate surface area is 147 Å². The van der Waals surface area contributed by atoms with Gasteiger partial charge in [-0.1, -0.05) is 13.3 Å². The van der Waals surface area contributed by atoms with Gasteiger partial charge in [-0.2, -0.15) is 0 Å². The maximum Gasteiger partial charge on any atom is 0.254 e. The molecule has 6 nitrogen and oxygen atoms in total. The molecule has 1 N–H and O–H groups in total. The smallest absolute Gasteiger partial charge is 0.254 e. The highest BCUT2D eigenvalue weighted by Crippen LogP contribution is 2.24. The zero-order chi connectivity index (χ0) is 17.7. The van der Waals surface area contributed by atoms with Gasteiger partial charge in [0.2, 0.25) is 5.91 Å². The van der Waals surface area contributed by atoms with E-state index in [4.69, 9.17) is 0 Å². The van der Waals surface area contributed by atoms with Crippen molar-refractivity contribution in [3.8, 4) is 0 Å². The van der Waals surface area contributed by atoms with E-state index in [9.17, 15) is 18.0 Å². The quantitative estimate of drug-likeness (QED) is 0.773. The van der Waals surface area contributed by atoms with Gasteiger partial charge < -0.3 is 10.2 Å². The van der Waals surface area contributed by atoms with Crippen LogP contribution in [0.15, 0.2) is 15.7 Å². The number of unbranched alkanes of at least 4 members (excludes halogenated alkanes) is 1. The molecule has 1 atom stereocenters. The largest absolute Gasteiger partial charge is 0.356 e. The van der Waals surface area contributed by atoms with Gasteiger partial charge in [-0.05, 0) is 25.3 Å². The van der Waals surface area contributed by atoms with Crippen LogP contribution in [0.2, 0.25) is 0 Å². The van der Waals surface area contributed by atoms with E-state index in [1.807, 2.05) is 0 Å². The van der Waals surface area contributed by atoms with Crippen molar-refractivity contribution in [2.45, 2.75) is 36.8 Å². The fourth-order valence-corrected chi connectivity index (χ4v) is 4.51. The molecule has 1 aromatic rings. The van der Waals surface area contributed by atoms with Crippen molar-refractivity contribution in [1.82, 2.24) is 10.2 Å². The number of sulfone groups is 1. The van der Waals surface area contributed by atoms with Gasteiger partial charge in [0, 0.05) is 31.3 Å². The molecule has 1 fully saturated rings. The third-order valence-electron chi connectivity index (χ3n) is 4.10. The van der Waals surface area contributed by atoms with Crippen LogP contribution in [0.1, 0.15) is 43.0 Å². The minimum absolute atomic E-state index is 0.00286. The summed E-state index contributed by atoms with van der Waals surface area (Å²) in [7, 11) is -3.30. The monoisotopic (exact) mass is 372 g/mol. The maximum atomic E-state index is 12.6. The fraction of sp³-hybridized carbons (Fsp3) is 0.625. The van der Waals surface area contributed by atoms with Crippen LogP contribution in [0.25, 0.3) is 0 Å². The summed E-state index contributed by atoms with van der Waals surface area (Å²) < 4.78 is 23.3. The van der Waals surface area contributed by atoms with E-state index in [2.05, 4.69) is 12.2 Å². The van der Waals surface area contributed by atoms with Crippen LogP contribution in [0.5, 0.6) is 0 Å². The molecule has 0 aliphatic carbocycles. The molecule has 0 bridgehead atoms. The molecule has 134 valence electrons. The second-order valence-electron chi connectivity index (χ2n) is 6.16. The van der Waals surface area contributed by atoms with Gasteiger partial charge in [0.15, 0.2) is 9.84 Å². The molecule has 2 rings (SSSR count). The molecule has 8 heteroatoms. The molecule has 0 radical (unpaired) electrons. The first kappa shape index (κ1) is 18.9. The van der Waals surface area contributed by atoms with E-state index < -0.39 is 9.84 Å². The fourth-order valence-electron chi connectivity index (χ4n) is 2.71. The Morgan fingerprint density at radius 3 is 2.79 bits per heavy atom. The molecule has 0 spiro atoms. The van der Waals surface area contributed by atoms with Crippen LogP contribution in [0, 0.1) is 5.92 Å². The highest BCUT2D eigenvalue weighted by atomic mass is 32.2. The van der Waals surface area contributed by atoms with Crippen LogP contribution in [-0.4, -0.2) is 51.0 Å². The summed E-state index contributed by atoms with van der Waals surface area (Å²) in [4.78, 5) is 26.4. The Morgan fingerprint density at radius 1 is 1.42 bits per heavy atom. The molecule has 1 aromatic heterocycles. The molecule has 0 saturated carbocycles. The van der Waals surface area contributed by atoms with Crippen LogP contribution >= 0.6 is 11.3 Å². The molecule has 0 aromatic carbocycles. The van der Waals surface area contributed by atoms with Gasteiger partial charge in [0.1, 0.15) is 4.21 Å². The summed E-state index contributed by atoms with van der Waals surface area (Å²) in [5, 5.41) is 4.50. The van der Waals surface area contributed by atoms with Crippen LogP contribution in [0.4, 0.5) is 0 Å². The minimum atomic E-state index is -3.30. The Morgan fingerprint density at radius 2 is 2.17 bits per heavy atom. The van der Waals surface area contributed by atoms with Crippen molar-refractivity contribution in [2.75, 3.05) is 25.9 Å². The van der Waals surface area contributed by atoms with Gasteiger partial charge in [-0.25, -0.2) is 8.42 Å². The number of nitrogens with one attached hydrogen (secondary N) is 1. The second-order valence-corrected chi connectivity index (χ2v) is 9.32. The van der Waals surface area contributed by atoms with E-state index in [1.165, 1.54) is 6.07 Å². The van der Waals surface area contributed by atoms with Crippen LogP contribution < -0.4 is 5.32 Å². The number of amides is 2. The van der Waals surface area contributed by atoms with E-state index >= 15 is 0 Å². The number of carbonyl (C=O) groups is 2. The van der Waals surface area contributed by atoms with Crippen molar-refractivity contribution in [2.24, 2.45) is 5.92 Å². The first-order chi connectivity index (χ1) is 11.3. The lowest BCUT2D eigenvalue weighted by molar-refractivity contribution is -0.126. The summed E-state index contributed by atoms with van der Waals surface area (Å²) in [6.45, 7) is 3.73. The Kier molecular flexibility index (Phi) is 6.40. The van der Waals surface area contributed by atoms with Crippen molar-refractivity contribution >= 4 is 33.0 Å². The normalized spacial score (nSPS) is 18.4. The van der Waals surface area contributed by atoms with Crippen molar-refractivity contribution in [3.05, 3.63) is 17.0 Å². The van der Waals surface area contributed by atoms with Crippen LogP contribution in [-0.2, 0) is 14.6 Å². The molecule has 1 saturated heterocycles. The lowest BCUT2D eigenvalue weighted by Crippen LogP contribution is -2.45. The van der Waals surface area contributed by atoms with Crippen molar-refractivity contribution in [1.29, 1.82) is 0 Å².